The third-order valence-corrected chi connectivity index (χ3v) is 3.76. The van der Waals surface area contributed by atoms with Crippen LogP contribution >= 0.6 is 0 Å². The quantitative estimate of drug-likeness (QED) is 0.606. The second-order valence-corrected chi connectivity index (χ2v) is 5.72. The van der Waals surface area contributed by atoms with Gasteiger partial charge in [0, 0.05) is 11.8 Å². The zero-order chi connectivity index (χ0) is 15.9. The van der Waals surface area contributed by atoms with E-state index in [-0.39, 0.29) is 0 Å². The first-order valence-electron chi connectivity index (χ1n) is 7.91. The first kappa shape index (κ1) is 16.5. The molecule has 0 heterocycles. The molecular formula is C19H23F2N. The van der Waals surface area contributed by atoms with Crippen LogP contribution in [0.1, 0.15) is 43.7 Å². The summed E-state index contributed by atoms with van der Waals surface area (Å²) in [6, 6.07) is 9.70. The number of anilines is 2. The van der Waals surface area contributed by atoms with Crippen molar-refractivity contribution in [2.75, 3.05) is 5.32 Å². The SMILES string of the molecule is CCCCCCc1cc(C)ccc1Nc1ccc(F)cc1F. The van der Waals surface area contributed by atoms with Crippen LogP contribution in [0.3, 0.4) is 0 Å². The normalized spacial score (nSPS) is 10.7. The Labute approximate surface area is 131 Å². The van der Waals surface area contributed by atoms with Gasteiger partial charge in [-0.1, -0.05) is 43.9 Å². The fraction of sp³-hybridized carbons (Fsp3) is 0.368. The van der Waals surface area contributed by atoms with E-state index in [2.05, 4.69) is 25.2 Å². The molecule has 0 atom stereocenters. The van der Waals surface area contributed by atoms with Gasteiger partial charge in [0.15, 0.2) is 0 Å². The van der Waals surface area contributed by atoms with E-state index in [1.165, 1.54) is 42.5 Å². The molecule has 3 heteroatoms. The molecule has 1 nitrogen and oxygen atoms in total. The Hall–Kier alpha value is -1.90. The third-order valence-electron chi connectivity index (χ3n) is 3.76. The lowest BCUT2D eigenvalue weighted by atomic mass is 10.0. The van der Waals surface area contributed by atoms with Gasteiger partial charge in [0.2, 0.25) is 0 Å². The Balaban J connectivity index is 2.15. The maximum Gasteiger partial charge on any atom is 0.149 e. The minimum Gasteiger partial charge on any atom is -0.353 e. The van der Waals surface area contributed by atoms with Crippen molar-refractivity contribution in [3.8, 4) is 0 Å². The van der Waals surface area contributed by atoms with Crippen molar-refractivity contribution in [3.05, 3.63) is 59.2 Å². The number of benzene rings is 2. The summed E-state index contributed by atoms with van der Waals surface area (Å²) in [6.07, 6.45) is 5.74. The van der Waals surface area contributed by atoms with Crippen molar-refractivity contribution >= 4 is 11.4 Å². The average Bonchev–Trinajstić information content (AvgIpc) is 2.48. The van der Waals surface area contributed by atoms with Gasteiger partial charge in [-0.05, 0) is 43.5 Å². The molecule has 0 radical (unpaired) electrons. The lowest BCUT2D eigenvalue weighted by Crippen LogP contribution is -1.99. The highest BCUT2D eigenvalue weighted by Gasteiger charge is 2.08. The van der Waals surface area contributed by atoms with Gasteiger partial charge in [-0.3, -0.25) is 0 Å². The molecule has 0 aliphatic carbocycles. The Morgan fingerprint density at radius 3 is 2.41 bits per heavy atom. The molecule has 1 N–H and O–H groups in total. The van der Waals surface area contributed by atoms with Gasteiger partial charge < -0.3 is 5.32 Å². The van der Waals surface area contributed by atoms with Crippen LogP contribution in [0.25, 0.3) is 0 Å². The number of rotatable bonds is 7. The van der Waals surface area contributed by atoms with Gasteiger partial charge in [0.05, 0.1) is 5.69 Å². The van der Waals surface area contributed by atoms with Crippen molar-refractivity contribution in [1.29, 1.82) is 0 Å². The van der Waals surface area contributed by atoms with Gasteiger partial charge in [0.25, 0.3) is 0 Å². The van der Waals surface area contributed by atoms with Crippen molar-refractivity contribution in [2.45, 2.75) is 46.0 Å². The summed E-state index contributed by atoms with van der Waals surface area (Å²) in [4.78, 5) is 0. The minimum absolute atomic E-state index is 0.306. The average molecular weight is 303 g/mol. The van der Waals surface area contributed by atoms with Crippen LogP contribution in [0.15, 0.2) is 36.4 Å². The molecule has 2 aromatic carbocycles. The van der Waals surface area contributed by atoms with E-state index in [1.54, 1.807) is 0 Å². The number of hydrogen-bond acceptors (Lipinski definition) is 1. The Kier molecular flexibility index (Phi) is 5.93. The second-order valence-electron chi connectivity index (χ2n) is 5.72. The molecule has 2 rings (SSSR count). The highest BCUT2D eigenvalue weighted by molar-refractivity contribution is 5.64. The molecular weight excluding hydrogens is 280 g/mol. The standard InChI is InChI=1S/C19H23F2N/c1-3-4-5-6-7-15-12-14(2)8-10-18(15)22-19-11-9-16(20)13-17(19)21/h8-13,22H,3-7H2,1-2H3. The molecule has 118 valence electrons. The highest BCUT2D eigenvalue weighted by atomic mass is 19.1. The summed E-state index contributed by atoms with van der Waals surface area (Å²) in [5.41, 5.74) is 3.57. The van der Waals surface area contributed by atoms with Crippen LogP contribution in [0, 0.1) is 18.6 Å². The molecule has 0 spiro atoms. The van der Waals surface area contributed by atoms with E-state index in [1.807, 2.05) is 12.1 Å². The summed E-state index contributed by atoms with van der Waals surface area (Å²) in [7, 11) is 0. The minimum atomic E-state index is -0.572. The summed E-state index contributed by atoms with van der Waals surface area (Å²) < 4.78 is 26.8. The van der Waals surface area contributed by atoms with Gasteiger partial charge in [-0.15, -0.1) is 0 Å². The molecule has 0 bridgehead atoms. The van der Waals surface area contributed by atoms with Crippen LogP contribution in [0.2, 0.25) is 0 Å². The first-order valence-corrected chi connectivity index (χ1v) is 7.91. The number of nitrogens with one attached hydrogen (secondary N) is 1. The summed E-state index contributed by atoms with van der Waals surface area (Å²) in [6.45, 7) is 4.24. The lowest BCUT2D eigenvalue weighted by molar-refractivity contribution is 0.586. The van der Waals surface area contributed by atoms with Crippen molar-refractivity contribution in [2.24, 2.45) is 0 Å². The number of unbranched alkanes of at least 4 members (excludes halogenated alkanes) is 3. The molecule has 2 aromatic rings. The van der Waals surface area contributed by atoms with Crippen LogP contribution in [-0.2, 0) is 6.42 Å². The maximum atomic E-state index is 13.8. The Bertz CT molecular complexity index is 623. The highest BCUT2D eigenvalue weighted by Crippen LogP contribution is 2.26. The van der Waals surface area contributed by atoms with Crippen molar-refractivity contribution in [1.82, 2.24) is 0 Å². The van der Waals surface area contributed by atoms with Gasteiger partial charge >= 0.3 is 0 Å². The zero-order valence-corrected chi connectivity index (χ0v) is 13.3. The lowest BCUT2D eigenvalue weighted by Gasteiger charge is -2.14. The molecule has 22 heavy (non-hydrogen) atoms. The molecule has 0 unspecified atom stereocenters. The summed E-state index contributed by atoms with van der Waals surface area (Å²) in [5.74, 6) is -1.13. The zero-order valence-electron chi connectivity index (χ0n) is 13.3. The van der Waals surface area contributed by atoms with Crippen LogP contribution in [0.4, 0.5) is 20.2 Å². The van der Waals surface area contributed by atoms with E-state index in [0.717, 1.165) is 24.6 Å². The van der Waals surface area contributed by atoms with E-state index in [0.29, 0.717) is 5.69 Å². The number of halogens is 2. The molecule has 0 saturated heterocycles. The van der Waals surface area contributed by atoms with Crippen LogP contribution in [0.5, 0.6) is 0 Å². The first-order chi connectivity index (χ1) is 10.6. The fourth-order valence-electron chi connectivity index (χ4n) is 2.53. The molecule has 0 amide bonds. The maximum absolute atomic E-state index is 13.8. The molecule has 0 aliphatic rings. The van der Waals surface area contributed by atoms with E-state index in [4.69, 9.17) is 0 Å². The van der Waals surface area contributed by atoms with E-state index >= 15 is 0 Å². The van der Waals surface area contributed by atoms with Crippen LogP contribution < -0.4 is 5.32 Å². The number of hydrogen-bond donors (Lipinski definition) is 1. The second kappa shape index (κ2) is 7.92. The topological polar surface area (TPSA) is 12.0 Å². The Morgan fingerprint density at radius 2 is 1.68 bits per heavy atom. The van der Waals surface area contributed by atoms with Gasteiger partial charge in [-0.2, -0.15) is 0 Å². The largest absolute Gasteiger partial charge is 0.353 e. The predicted octanol–water partition coefficient (Wildman–Crippen LogP) is 6.14. The third kappa shape index (κ3) is 4.55. The van der Waals surface area contributed by atoms with Crippen molar-refractivity contribution < 1.29 is 8.78 Å². The number of aryl methyl sites for hydroxylation is 2. The fourth-order valence-corrected chi connectivity index (χ4v) is 2.53. The molecule has 0 saturated carbocycles. The molecule has 0 fully saturated rings. The summed E-state index contributed by atoms with van der Waals surface area (Å²) in [5, 5.41) is 3.09. The molecule has 0 aromatic heterocycles. The van der Waals surface area contributed by atoms with E-state index in [9.17, 15) is 8.78 Å². The molecule has 0 aliphatic heterocycles. The van der Waals surface area contributed by atoms with E-state index < -0.39 is 11.6 Å². The summed E-state index contributed by atoms with van der Waals surface area (Å²) >= 11 is 0. The monoisotopic (exact) mass is 303 g/mol. The van der Waals surface area contributed by atoms with Crippen LogP contribution in [-0.4, -0.2) is 0 Å². The smallest absolute Gasteiger partial charge is 0.149 e. The Morgan fingerprint density at radius 1 is 0.909 bits per heavy atom. The predicted molar refractivity (Wildman–Crippen MR) is 88.7 cm³/mol. The van der Waals surface area contributed by atoms with Gasteiger partial charge in [-0.25, -0.2) is 8.78 Å². The van der Waals surface area contributed by atoms with Gasteiger partial charge in [0.1, 0.15) is 11.6 Å². The van der Waals surface area contributed by atoms with Crippen molar-refractivity contribution in [3.63, 3.8) is 0 Å².